The van der Waals surface area contributed by atoms with Gasteiger partial charge in [0.1, 0.15) is 5.75 Å². The number of rotatable bonds is 10. The van der Waals surface area contributed by atoms with E-state index in [1.165, 1.54) is 21.0 Å². The fourth-order valence-corrected chi connectivity index (χ4v) is 6.85. The molecule has 5 nitrogen and oxygen atoms in total. The predicted octanol–water partition coefficient (Wildman–Crippen LogP) is 5.77. The number of ether oxygens (including phenoxy) is 1. The van der Waals surface area contributed by atoms with E-state index >= 15 is 0 Å². The maximum Gasteiger partial charge on any atom is 0.120 e. The number of fused-ring (bicyclic) bond motifs is 1. The molecule has 1 saturated heterocycles. The quantitative estimate of drug-likeness (QED) is 0.287. The van der Waals surface area contributed by atoms with Gasteiger partial charge in [0.25, 0.3) is 0 Å². The molecule has 2 heterocycles. The van der Waals surface area contributed by atoms with Gasteiger partial charge < -0.3 is 20.7 Å². The van der Waals surface area contributed by atoms with Gasteiger partial charge in [-0.2, -0.15) is 0 Å². The third-order valence-corrected chi connectivity index (χ3v) is 9.34. The summed E-state index contributed by atoms with van der Waals surface area (Å²) in [6.45, 7) is 7.00. The Labute approximate surface area is 229 Å². The topological polar surface area (TPSA) is 62.6 Å². The first-order valence-electron chi connectivity index (χ1n) is 12.8. The van der Waals surface area contributed by atoms with E-state index in [1.54, 1.807) is 11.9 Å². The highest BCUT2D eigenvalue weighted by Crippen LogP contribution is 2.46. The Morgan fingerprint density at radius 1 is 1.11 bits per heavy atom. The van der Waals surface area contributed by atoms with Gasteiger partial charge in [-0.15, -0.1) is 0 Å². The van der Waals surface area contributed by atoms with Crippen LogP contribution in [0, 0.1) is 5.92 Å². The molecule has 2 unspecified atom stereocenters. The van der Waals surface area contributed by atoms with E-state index in [9.17, 15) is 0 Å². The van der Waals surface area contributed by atoms with Crippen LogP contribution in [0.4, 0.5) is 5.69 Å². The molecular formula is C30H36N4OS2. The number of hydrogen-bond acceptors (Lipinski definition) is 7. The normalized spacial score (nSPS) is 17.7. The van der Waals surface area contributed by atoms with Gasteiger partial charge >= 0.3 is 0 Å². The summed E-state index contributed by atoms with van der Waals surface area (Å²) in [7, 11) is 2.20. The lowest BCUT2D eigenvalue weighted by Crippen LogP contribution is -2.45. The molecule has 3 aromatic rings. The van der Waals surface area contributed by atoms with Gasteiger partial charge in [0, 0.05) is 41.5 Å². The van der Waals surface area contributed by atoms with Crippen molar-refractivity contribution in [3.05, 3.63) is 89.5 Å². The van der Waals surface area contributed by atoms with Crippen LogP contribution in [0.5, 0.6) is 5.75 Å². The number of hydrogen-bond donors (Lipinski definition) is 3. The van der Waals surface area contributed by atoms with Crippen LogP contribution in [0.2, 0.25) is 0 Å². The van der Waals surface area contributed by atoms with E-state index in [-0.39, 0.29) is 11.4 Å². The number of allylic oxidation sites excluding steroid dienone is 1. The van der Waals surface area contributed by atoms with Crippen LogP contribution in [-0.2, 0) is 6.42 Å². The van der Waals surface area contributed by atoms with Crippen LogP contribution in [0.15, 0.2) is 88.2 Å². The Balaban J connectivity index is 1.35. The Hall–Kier alpha value is -2.58. The molecule has 0 amide bonds. The van der Waals surface area contributed by atoms with Crippen molar-refractivity contribution < 1.29 is 4.74 Å². The molecule has 7 heteroatoms. The molecule has 0 spiro atoms. The van der Waals surface area contributed by atoms with Crippen molar-refractivity contribution in [2.75, 3.05) is 31.6 Å². The first-order chi connectivity index (χ1) is 18.0. The summed E-state index contributed by atoms with van der Waals surface area (Å²) >= 11 is 3.61. The van der Waals surface area contributed by atoms with E-state index in [4.69, 9.17) is 10.5 Å². The first kappa shape index (κ1) is 26.0. The molecule has 0 saturated carbocycles. The Morgan fingerprint density at radius 2 is 1.92 bits per heavy atom. The smallest absolute Gasteiger partial charge is 0.120 e. The van der Waals surface area contributed by atoms with E-state index < -0.39 is 0 Å². The van der Waals surface area contributed by atoms with Gasteiger partial charge in [-0.05, 0) is 79.7 Å². The van der Waals surface area contributed by atoms with Crippen molar-refractivity contribution in [2.45, 2.75) is 41.5 Å². The molecule has 5 rings (SSSR count). The number of nitrogens with zero attached hydrogens (tertiary/aromatic N) is 1. The first-order valence-corrected chi connectivity index (χ1v) is 14.5. The molecule has 37 heavy (non-hydrogen) atoms. The summed E-state index contributed by atoms with van der Waals surface area (Å²) in [6, 6.07) is 25.9. The van der Waals surface area contributed by atoms with Gasteiger partial charge in [0.15, 0.2) is 0 Å². The third-order valence-electron chi connectivity index (χ3n) is 6.94. The summed E-state index contributed by atoms with van der Waals surface area (Å²) in [5.41, 5.74) is 12.0. The fourth-order valence-electron chi connectivity index (χ4n) is 4.59. The molecule has 0 radical (unpaired) electrons. The van der Waals surface area contributed by atoms with Crippen molar-refractivity contribution >= 4 is 35.1 Å². The number of benzene rings is 3. The minimum Gasteiger partial charge on any atom is -0.493 e. The zero-order valence-electron chi connectivity index (χ0n) is 21.7. The molecule has 2 aliphatic heterocycles. The molecule has 2 aliphatic rings. The standard InChI is InChI=1S/C30H36N4OS2/c1-20(2)29(31)23-9-7-8-21(14-23)15-26(33-37-25-10-5-4-6-11-25)30-34(3)27-13-12-24(16-28(27)36-30)35-19-22-17-32-18-22/h4-14,16,22,26,30,32-33H,15,17-19,31H2,1-3H3. The second kappa shape index (κ2) is 11.9. The van der Waals surface area contributed by atoms with Crippen LogP contribution in [0.3, 0.4) is 0 Å². The SMILES string of the molecule is CC(C)=C(N)c1cccc(CC(NSc2ccccc2)C2Sc3cc(OCC4CNC4)ccc3N2C)c1. The monoisotopic (exact) mass is 532 g/mol. The van der Waals surface area contributed by atoms with Crippen LogP contribution in [-0.4, -0.2) is 38.2 Å². The van der Waals surface area contributed by atoms with Crippen molar-refractivity contribution in [1.82, 2.24) is 10.0 Å². The molecule has 0 aliphatic carbocycles. The average Bonchev–Trinajstić information content (AvgIpc) is 3.21. The fraction of sp³-hybridized carbons (Fsp3) is 0.333. The van der Waals surface area contributed by atoms with Gasteiger partial charge in [0.05, 0.1) is 23.7 Å². The zero-order chi connectivity index (χ0) is 25.8. The van der Waals surface area contributed by atoms with E-state index in [0.29, 0.717) is 5.92 Å². The van der Waals surface area contributed by atoms with Crippen LogP contribution in [0.1, 0.15) is 25.0 Å². The number of anilines is 1. The summed E-state index contributed by atoms with van der Waals surface area (Å²) < 4.78 is 9.92. The third kappa shape index (κ3) is 6.29. The number of nitrogens with one attached hydrogen (secondary N) is 2. The largest absolute Gasteiger partial charge is 0.493 e. The summed E-state index contributed by atoms with van der Waals surface area (Å²) in [6.07, 6.45) is 0.887. The number of likely N-dealkylation sites (N-methyl/N-ethyl adjacent to an activating group) is 1. The maximum absolute atomic E-state index is 6.38. The summed E-state index contributed by atoms with van der Waals surface area (Å²) in [4.78, 5) is 4.88. The van der Waals surface area contributed by atoms with E-state index in [2.05, 4.69) is 109 Å². The Morgan fingerprint density at radius 3 is 2.65 bits per heavy atom. The van der Waals surface area contributed by atoms with E-state index in [0.717, 1.165) is 48.7 Å². The number of thioether (sulfide) groups is 1. The van der Waals surface area contributed by atoms with Crippen molar-refractivity contribution in [2.24, 2.45) is 11.7 Å². The summed E-state index contributed by atoms with van der Waals surface area (Å²) in [5, 5.41) is 3.55. The zero-order valence-corrected chi connectivity index (χ0v) is 23.4. The molecular weight excluding hydrogens is 496 g/mol. The molecule has 4 N–H and O–H groups in total. The number of nitrogens with two attached hydrogens (primary N) is 1. The van der Waals surface area contributed by atoms with Crippen molar-refractivity contribution in [3.8, 4) is 5.75 Å². The predicted molar refractivity (Wildman–Crippen MR) is 158 cm³/mol. The molecule has 1 fully saturated rings. The summed E-state index contributed by atoms with van der Waals surface area (Å²) in [5.74, 6) is 1.58. The highest BCUT2D eigenvalue weighted by atomic mass is 32.2. The highest BCUT2D eigenvalue weighted by molar-refractivity contribution is 8.00. The Bertz CT molecular complexity index is 1240. The lowest BCUT2D eigenvalue weighted by molar-refractivity contribution is 0.199. The minimum atomic E-state index is 0.196. The highest BCUT2D eigenvalue weighted by Gasteiger charge is 2.34. The van der Waals surface area contributed by atoms with Crippen LogP contribution < -0.4 is 25.4 Å². The van der Waals surface area contributed by atoms with Gasteiger partial charge in [-0.1, -0.05) is 53.7 Å². The van der Waals surface area contributed by atoms with E-state index in [1.807, 2.05) is 11.8 Å². The second-order valence-corrected chi connectivity index (χ2v) is 12.1. The van der Waals surface area contributed by atoms with Crippen LogP contribution >= 0.6 is 23.7 Å². The lowest BCUT2D eigenvalue weighted by atomic mass is 10.0. The van der Waals surface area contributed by atoms with Gasteiger partial charge in [0.2, 0.25) is 0 Å². The van der Waals surface area contributed by atoms with Crippen molar-refractivity contribution in [3.63, 3.8) is 0 Å². The second-order valence-electron chi connectivity index (χ2n) is 10.0. The van der Waals surface area contributed by atoms with Crippen LogP contribution in [0.25, 0.3) is 5.70 Å². The molecule has 0 aromatic heterocycles. The average molecular weight is 533 g/mol. The van der Waals surface area contributed by atoms with Gasteiger partial charge in [-0.25, -0.2) is 0 Å². The lowest BCUT2D eigenvalue weighted by Gasteiger charge is -2.30. The maximum atomic E-state index is 6.38. The molecule has 194 valence electrons. The minimum absolute atomic E-state index is 0.196. The molecule has 3 aromatic carbocycles. The van der Waals surface area contributed by atoms with Crippen molar-refractivity contribution in [1.29, 1.82) is 0 Å². The Kier molecular flexibility index (Phi) is 8.35. The van der Waals surface area contributed by atoms with Gasteiger partial charge in [-0.3, -0.25) is 4.72 Å². The molecule has 2 atom stereocenters. The molecule has 0 bridgehead atoms.